The van der Waals surface area contributed by atoms with Crippen molar-refractivity contribution in [1.82, 2.24) is 29.8 Å². The van der Waals surface area contributed by atoms with Gasteiger partial charge in [-0.25, -0.2) is 9.99 Å². The second-order valence-electron chi connectivity index (χ2n) is 7.63. The molecule has 0 fully saturated rings. The van der Waals surface area contributed by atoms with Crippen molar-refractivity contribution in [3.63, 3.8) is 0 Å². The summed E-state index contributed by atoms with van der Waals surface area (Å²) >= 11 is 0. The lowest BCUT2D eigenvalue weighted by atomic mass is 10.1. The number of fused-ring (bicyclic) bond motifs is 3. The van der Waals surface area contributed by atoms with Crippen LogP contribution >= 0.6 is 0 Å². The van der Waals surface area contributed by atoms with Crippen LogP contribution in [0.2, 0.25) is 0 Å². The van der Waals surface area contributed by atoms with Crippen LogP contribution in [-0.2, 0) is 19.8 Å². The van der Waals surface area contributed by atoms with Gasteiger partial charge in [-0.15, -0.1) is 0 Å². The van der Waals surface area contributed by atoms with E-state index in [0.29, 0.717) is 34.5 Å². The van der Waals surface area contributed by atoms with E-state index >= 15 is 0 Å². The second kappa shape index (κ2) is 8.32. The number of nitrogens with two attached hydrogens (primary N) is 1. The molecule has 0 saturated heterocycles. The molecule has 0 aliphatic carbocycles. The van der Waals surface area contributed by atoms with Crippen LogP contribution in [0.15, 0.2) is 42.7 Å². The Morgan fingerprint density at radius 1 is 1.15 bits per heavy atom. The van der Waals surface area contributed by atoms with Crippen LogP contribution in [0.25, 0.3) is 21.8 Å². The molecule has 0 unspecified atom stereocenters. The minimum atomic E-state index is -4.47. The molecule has 0 radical (unpaired) electrons. The zero-order chi connectivity index (χ0) is 23.9. The number of hydrazine groups is 1. The first-order valence-corrected chi connectivity index (χ1v) is 10.2. The topological polar surface area (TPSA) is 93.2 Å². The normalized spacial score (nSPS) is 12.1. The summed E-state index contributed by atoms with van der Waals surface area (Å²) in [5.41, 5.74) is 7.31. The van der Waals surface area contributed by atoms with Gasteiger partial charge in [-0.05, 0) is 30.3 Å². The van der Waals surface area contributed by atoms with Gasteiger partial charge in [0.25, 0.3) is 5.91 Å². The first-order valence-electron chi connectivity index (χ1n) is 10.2. The monoisotopic (exact) mass is 457 g/mol. The standard InChI is InChI=1S/C22H22F3N7O/c1-4-30(2)32(12-15-7-6-14(10-27-15)22(23,24)25)21(33)13-5-8-18-16(9-13)19-17(20(26)29-18)11-28-31(19)3/h5-11H,4,12H2,1-3H3,(H2,26,29). The van der Waals surface area contributed by atoms with Crippen LogP contribution in [0.3, 0.4) is 0 Å². The minimum absolute atomic E-state index is 0.0143. The van der Waals surface area contributed by atoms with E-state index in [0.717, 1.165) is 23.2 Å². The van der Waals surface area contributed by atoms with Gasteiger partial charge in [-0.3, -0.25) is 19.5 Å². The summed E-state index contributed by atoms with van der Waals surface area (Å²) in [5.74, 6) is 0.0282. The van der Waals surface area contributed by atoms with E-state index in [1.165, 1.54) is 11.1 Å². The lowest BCUT2D eigenvalue weighted by Crippen LogP contribution is -2.43. The Hall–Kier alpha value is -3.73. The predicted octanol–water partition coefficient (Wildman–Crippen LogP) is 3.63. The summed E-state index contributed by atoms with van der Waals surface area (Å²) in [6.45, 7) is 2.39. The summed E-state index contributed by atoms with van der Waals surface area (Å²) in [5, 5.41) is 8.78. The molecule has 2 N–H and O–H groups in total. The molecule has 1 amide bonds. The second-order valence-corrected chi connectivity index (χ2v) is 7.63. The molecule has 0 aliphatic rings. The Balaban J connectivity index is 1.71. The molecule has 11 heteroatoms. The number of nitrogen functional groups attached to an aromatic ring is 1. The van der Waals surface area contributed by atoms with Gasteiger partial charge in [0.15, 0.2) is 0 Å². The third kappa shape index (κ3) is 4.19. The van der Waals surface area contributed by atoms with Gasteiger partial charge >= 0.3 is 6.18 Å². The van der Waals surface area contributed by atoms with Crippen molar-refractivity contribution in [2.75, 3.05) is 19.3 Å². The molecule has 0 spiro atoms. The lowest BCUT2D eigenvalue weighted by Gasteiger charge is -2.31. The maximum atomic E-state index is 13.5. The number of pyridine rings is 2. The van der Waals surface area contributed by atoms with Gasteiger partial charge in [0.1, 0.15) is 5.82 Å². The highest BCUT2D eigenvalue weighted by molar-refractivity contribution is 6.10. The number of nitrogens with zero attached hydrogens (tertiary/aromatic N) is 6. The van der Waals surface area contributed by atoms with Crippen molar-refractivity contribution < 1.29 is 18.0 Å². The number of carbonyl (C=O) groups excluding carboxylic acids is 1. The average Bonchev–Trinajstić information content (AvgIpc) is 3.18. The van der Waals surface area contributed by atoms with Crippen LogP contribution in [0.4, 0.5) is 19.0 Å². The fourth-order valence-corrected chi connectivity index (χ4v) is 3.60. The molecule has 0 atom stereocenters. The minimum Gasteiger partial charge on any atom is -0.383 e. The third-order valence-corrected chi connectivity index (χ3v) is 5.52. The molecule has 0 saturated carbocycles. The van der Waals surface area contributed by atoms with E-state index in [1.54, 1.807) is 48.2 Å². The van der Waals surface area contributed by atoms with E-state index < -0.39 is 11.7 Å². The Kier molecular flexibility index (Phi) is 5.66. The molecule has 0 aliphatic heterocycles. The SMILES string of the molecule is CCN(C)N(Cc1ccc(C(F)(F)F)cn1)C(=O)c1ccc2nc(N)c3cnn(C)c3c2c1. The van der Waals surface area contributed by atoms with Crippen LogP contribution in [0, 0.1) is 0 Å². The number of hydrogen-bond donors (Lipinski definition) is 1. The van der Waals surface area contributed by atoms with E-state index in [9.17, 15) is 18.0 Å². The highest BCUT2D eigenvalue weighted by atomic mass is 19.4. The number of hydrogen-bond acceptors (Lipinski definition) is 6. The Labute approximate surface area is 187 Å². The summed E-state index contributed by atoms with van der Waals surface area (Å²) in [6, 6.07) is 7.33. The zero-order valence-corrected chi connectivity index (χ0v) is 18.3. The van der Waals surface area contributed by atoms with E-state index in [2.05, 4.69) is 15.1 Å². The van der Waals surface area contributed by atoms with E-state index in [-0.39, 0.29) is 12.5 Å². The number of alkyl halides is 3. The van der Waals surface area contributed by atoms with Gasteiger partial charge in [0.05, 0.1) is 40.4 Å². The maximum Gasteiger partial charge on any atom is 0.417 e. The van der Waals surface area contributed by atoms with Crippen molar-refractivity contribution in [2.45, 2.75) is 19.6 Å². The molecule has 33 heavy (non-hydrogen) atoms. The van der Waals surface area contributed by atoms with Gasteiger partial charge in [-0.1, -0.05) is 6.92 Å². The van der Waals surface area contributed by atoms with Gasteiger partial charge < -0.3 is 5.73 Å². The fraction of sp³-hybridized carbons (Fsp3) is 0.273. The lowest BCUT2D eigenvalue weighted by molar-refractivity contribution is -0.137. The maximum absolute atomic E-state index is 13.5. The quantitative estimate of drug-likeness (QED) is 0.460. The van der Waals surface area contributed by atoms with Crippen molar-refractivity contribution >= 4 is 33.5 Å². The van der Waals surface area contributed by atoms with Gasteiger partial charge in [0.2, 0.25) is 0 Å². The highest BCUT2D eigenvalue weighted by Gasteiger charge is 2.31. The molecule has 172 valence electrons. The summed E-state index contributed by atoms with van der Waals surface area (Å²) in [6.07, 6.45) is -2.07. The van der Waals surface area contributed by atoms with Gasteiger partial charge in [-0.2, -0.15) is 18.3 Å². The smallest absolute Gasteiger partial charge is 0.383 e. The number of aryl methyl sites for hydroxylation is 1. The highest BCUT2D eigenvalue weighted by Crippen LogP contribution is 2.30. The van der Waals surface area contributed by atoms with Crippen LogP contribution in [0.5, 0.6) is 0 Å². The molecular formula is C22H22F3N7O. The van der Waals surface area contributed by atoms with Crippen LogP contribution < -0.4 is 5.73 Å². The number of anilines is 1. The Morgan fingerprint density at radius 2 is 1.91 bits per heavy atom. The number of halogens is 3. The number of benzene rings is 1. The summed E-state index contributed by atoms with van der Waals surface area (Å²) in [7, 11) is 3.51. The van der Waals surface area contributed by atoms with Crippen molar-refractivity contribution in [3.8, 4) is 0 Å². The molecule has 4 aromatic rings. The van der Waals surface area contributed by atoms with E-state index in [1.807, 2.05) is 6.92 Å². The first-order chi connectivity index (χ1) is 15.6. The molecule has 3 heterocycles. The Morgan fingerprint density at radius 3 is 2.55 bits per heavy atom. The molecule has 1 aromatic carbocycles. The summed E-state index contributed by atoms with van der Waals surface area (Å²) < 4.78 is 40.2. The number of aromatic nitrogens is 4. The third-order valence-electron chi connectivity index (χ3n) is 5.52. The number of rotatable bonds is 5. The molecular weight excluding hydrogens is 435 g/mol. The molecule has 8 nitrogen and oxygen atoms in total. The summed E-state index contributed by atoms with van der Waals surface area (Å²) in [4.78, 5) is 21.8. The van der Waals surface area contributed by atoms with Crippen molar-refractivity contribution in [1.29, 1.82) is 0 Å². The van der Waals surface area contributed by atoms with Crippen LogP contribution in [0.1, 0.15) is 28.5 Å². The van der Waals surface area contributed by atoms with E-state index in [4.69, 9.17) is 5.73 Å². The number of amides is 1. The molecule has 0 bridgehead atoms. The van der Waals surface area contributed by atoms with Crippen molar-refractivity contribution in [3.05, 3.63) is 59.5 Å². The zero-order valence-electron chi connectivity index (χ0n) is 18.3. The Bertz CT molecular complexity index is 1330. The van der Waals surface area contributed by atoms with Crippen molar-refractivity contribution in [2.24, 2.45) is 7.05 Å². The van der Waals surface area contributed by atoms with Gasteiger partial charge in [0, 0.05) is 37.8 Å². The largest absolute Gasteiger partial charge is 0.417 e. The number of carbonyl (C=O) groups is 1. The molecule has 4 rings (SSSR count). The van der Waals surface area contributed by atoms with Crippen LogP contribution in [-0.4, -0.2) is 49.3 Å². The fourth-order valence-electron chi connectivity index (χ4n) is 3.60. The predicted molar refractivity (Wildman–Crippen MR) is 118 cm³/mol. The first kappa shape index (κ1) is 22.5. The molecule has 3 aromatic heterocycles. The average molecular weight is 457 g/mol.